The van der Waals surface area contributed by atoms with Crippen molar-refractivity contribution < 1.29 is 13.6 Å². The van der Waals surface area contributed by atoms with E-state index in [4.69, 9.17) is 0 Å². The van der Waals surface area contributed by atoms with Crippen LogP contribution in [-0.4, -0.2) is 10.9 Å². The van der Waals surface area contributed by atoms with E-state index in [1.807, 2.05) is 43.3 Å². The van der Waals surface area contributed by atoms with Crippen LogP contribution in [-0.2, 0) is 11.3 Å². The summed E-state index contributed by atoms with van der Waals surface area (Å²) in [7, 11) is 0. The Morgan fingerprint density at radius 3 is 2.76 bits per heavy atom. The number of carbonyl (C=O) groups is 1. The fourth-order valence-corrected chi connectivity index (χ4v) is 2.78. The molecule has 1 heterocycles. The lowest BCUT2D eigenvalue weighted by Crippen LogP contribution is -2.24. The topological polar surface area (TPSA) is 54.0 Å². The number of nitrogens with one attached hydrogen (secondary N) is 2. The minimum Gasteiger partial charge on any atom is -0.381 e. The molecule has 1 atom stereocenters. The van der Waals surface area contributed by atoms with Crippen LogP contribution in [0.5, 0.6) is 0 Å². The van der Waals surface area contributed by atoms with Gasteiger partial charge in [-0.05, 0) is 48.4 Å². The molecule has 2 aromatic carbocycles. The molecule has 3 aromatic rings. The van der Waals surface area contributed by atoms with Gasteiger partial charge in [0.15, 0.2) is 11.6 Å². The zero-order chi connectivity index (χ0) is 20.6. The number of rotatable bonds is 7. The SMILES string of the molecule is C[C@H](NC(=O)/C=C/c1cccc(F)c1F)c1cccc(NCc2cccnc2)c1. The standard InChI is InChI=1S/C23H21F2N3O/c1-16(28-22(29)11-10-18-6-3-9-21(24)23(18)25)19-7-2-8-20(13-19)27-15-17-5-4-12-26-14-17/h2-14,16,27H,15H2,1H3,(H,28,29)/b11-10+/t16-/m0/s1. The molecule has 0 spiro atoms. The Morgan fingerprint density at radius 1 is 1.14 bits per heavy atom. The van der Waals surface area contributed by atoms with Crippen molar-refractivity contribution in [2.75, 3.05) is 5.32 Å². The molecule has 0 saturated carbocycles. The maximum absolute atomic E-state index is 13.7. The molecule has 0 aliphatic heterocycles. The number of amides is 1. The lowest BCUT2D eigenvalue weighted by Gasteiger charge is -2.15. The third kappa shape index (κ3) is 5.72. The molecule has 0 radical (unpaired) electrons. The van der Waals surface area contributed by atoms with E-state index in [-0.39, 0.29) is 11.6 Å². The molecule has 4 nitrogen and oxygen atoms in total. The van der Waals surface area contributed by atoms with Crippen LogP contribution in [0.15, 0.2) is 73.1 Å². The number of pyridine rings is 1. The summed E-state index contributed by atoms with van der Waals surface area (Å²) in [6.07, 6.45) is 5.98. The number of hydrogen-bond donors (Lipinski definition) is 2. The molecule has 0 aliphatic rings. The van der Waals surface area contributed by atoms with Gasteiger partial charge in [-0.3, -0.25) is 9.78 Å². The second-order valence-corrected chi connectivity index (χ2v) is 6.55. The van der Waals surface area contributed by atoms with Gasteiger partial charge in [0.05, 0.1) is 6.04 Å². The van der Waals surface area contributed by atoms with Crippen molar-refractivity contribution >= 4 is 17.7 Å². The largest absolute Gasteiger partial charge is 0.381 e. The van der Waals surface area contributed by atoms with Crippen molar-refractivity contribution in [3.63, 3.8) is 0 Å². The highest BCUT2D eigenvalue weighted by Gasteiger charge is 2.09. The van der Waals surface area contributed by atoms with E-state index < -0.39 is 17.5 Å². The van der Waals surface area contributed by atoms with Gasteiger partial charge in [-0.1, -0.05) is 30.3 Å². The van der Waals surface area contributed by atoms with Crippen LogP contribution in [0.1, 0.15) is 29.7 Å². The number of benzene rings is 2. The number of anilines is 1. The third-order valence-electron chi connectivity index (χ3n) is 4.36. The Balaban J connectivity index is 1.59. The summed E-state index contributed by atoms with van der Waals surface area (Å²) >= 11 is 0. The monoisotopic (exact) mass is 393 g/mol. The van der Waals surface area contributed by atoms with Crippen LogP contribution in [0.3, 0.4) is 0 Å². The molecular formula is C23H21F2N3O. The summed E-state index contributed by atoms with van der Waals surface area (Å²) in [5.41, 5.74) is 2.92. The Kier molecular flexibility index (Phi) is 6.68. The molecule has 29 heavy (non-hydrogen) atoms. The normalized spacial score (nSPS) is 12.0. The van der Waals surface area contributed by atoms with E-state index in [1.54, 1.807) is 12.4 Å². The van der Waals surface area contributed by atoms with Crippen molar-refractivity contribution in [3.8, 4) is 0 Å². The molecule has 0 fully saturated rings. The summed E-state index contributed by atoms with van der Waals surface area (Å²) in [6.45, 7) is 2.49. The van der Waals surface area contributed by atoms with E-state index in [2.05, 4.69) is 15.6 Å². The second-order valence-electron chi connectivity index (χ2n) is 6.55. The first-order valence-electron chi connectivity index (χ1n) is 9.18. The maximum atomic E-state index is 13.7. The Bertz CT molecular complexity index is 1010. The van der Waals surface area contributed by atoms with Gasteiger partial charge in [-0.15, -0.1) is 0 Å². The average molecular weight is 393 g/mol. The van der Waals surface area contributed by atoms with Gasteiger partial charge in [0.1, 0.15) is 0 Å². The summed E-state index contributed by atoms with van der Waals surface area (Å²) in [5.74, 6) is -2.32. The summed E-state index contributed by atoms with van der Waals surface area (Å²) in [5, 5.41) is 6.15. The lowest BCUT2D eigenvalue weighted by atomic mass is 10.1. The molecule has 6 heteroatoms. The van der Waals surface area contributed by atoms with Crippen molar-refractivity contribution in [2.45, 2.75) is 19.5 Å². The first-order valence-corrected chi connectivity index (χ1v) is 9.18. The van der Waals surface area contributed by atoms with Gasteiger partial charge in [-0.25, -0.2) is 8.78 Å². The molecular weight excluding hydrogens is 372 g/mol. The molecule has 0 aliphatic carbocycles. The van der Waals surface area contributed by atoms with Gasteiger partial charge < -0.3 is 10.6 Å². The van der Waals surface area contributed by atoms with E-state index in [0.29, 0.717) is 6.54 Å². The van der Waals surface area contributed by atoms with Crippen molar-refractivity contribution in [1.82, 2.24) is 10.3 Å². The van der Waals surface area contributed by atoms with E-state index in [9.17, 15) is 13.6 Å². The van der Waals surface area contributed by atoms with Crippen LogP contribution in [0.4, 0.5) is 14.5 Å². The van der Waals surface area contributed by atoms with Crippen LogP contribution >= 0.6 is 0 Å². The highest BCUT2D eigenvalue weighted by molar-refractivity contribution is 5.92. The summed E-state index contributed by atoms with van der Waals surface area (Å²) in [4.78, 5) is 16.2. The van der Waals surface area contributed by atoms with Crippen molar-refractivity contribution in [1.29, 1.82) is 0 Å². The predicted molar refractivity (Wildman–Crippen MR) is 110 cm³/mol. The zero-order valence-electron chi connectivity index (χ0n) is 15.9. The third-order valence-corrected chi connectivity index (χ3v) is 4.36. The minimum absolute atomic E-state index is 0.0226. The molecule has 2 N–H and O–H groups in total. The van der Waals surface area contributed by atoms with Crippen LogP contribution in [0.2, 0.25) is 0 Å². The Hall–Kier alpha value is -3.54. The number of carbonyl (C=O) groups excluding carboxylic acids is 1. The maximum Gasteiger partial charge on any atom is 0.244 e. The first kappa shape index (κ1) is 20.2. The molecule has 0 bridgehead atoms. The van der Waals surface area contributed by atoms with Gasteiger partial charge in [0.2, 0.25) is 5.91 Å². The van der Waals surface area contributed by atoms with Crippen LogP contribution in [0.25, 0.3) is 6.08 Å². The zero-order valence-corrected chi connectivity index (χ0v) is 15.9. The van der Waals surface area contributed by atoms with E-state index in [1.165, 1.54) is 24.3 Å². The predicted octanol–water partition coefficient (Wildman–Crippen LogP) is 4.86. The number of hydrogen-bond acceptors (Lipinski definition) is 3. The van der Waals surface area contributed by atoms with Gasteiger partial charge in [-0.2, -0.15) is 0 Å². The van der Waals surface area contributed by atoms with Crippen LogP contribution in [0, 0.1) is 11.6 Å². The molecule has 1 amide bonds. The van der Waals surface area contributed by atoms with E-state index >= 15 is 0 Å². The molecule has 3 rings (SSSR count). The lowest BCUT2D eigenvalue weighted by molar-refractivity contribution is -0.117. The number of nitrogens with zero attached hydrogens (tertiary/aromatic N) is 1. The van der Waals surface area contributed by atoms with Crippen molar-refractivity contribution in [2.24, 2.45) is 0 Å². The fourth-order valence-electron chi connectivity index (χ4n) is 2.78. The fraction of sp³-hybridized carbons (Fsp3) is 0.130. The number of halogens is 2. The Morgan fingerprint density at radius 2 is 1.97 bits per heavy atom. The highest BCUT2D eigenvalue weighted by atomic mass is 19.2. The molecule has 1 aromatic heterocycles. The average Bonchev–Trinajstić information content (AvgIpc) is 2.74. The smallest absolute Gasteiger partial charge is 0.244 e. The molecule has 0 saturated heterocycles. The second kappa shape index (κ2) is 9.59. The first-order chi connectivity index (χ1) is 14.0. The highest BCUT2D eigenvalue weighted by Crippen LogP contribution is 2.18. The van der Waals surface area contributed by atoms with Gasteiger partial charge >= 0.3 is 0 Å². The number of aromatic nitrogens is 1. The summed E-state index contributed by atoms with van der Waals surface area (Å²) < 4.78 is 26.9. The minimum atomic E-state index is -0.975. The van der Waals surface area contributed by atoms with Gasteiger partial charge in [0, 0.05) is 36.3 Å². The molecule has 148 valence electrons. The van der Waals surface area contributed by atoms with Crippen LogP contribution < -0.4 is 10.6 Å². The summed E-state index contributed by atoms with van der Waals surface area (Å²) in [6, 6.07) is 15.2. The van der Waals surface area contributed by atoms with E-state index in [0.717, 1.165) is 22.9 Å². The quantitative estimate of drug-likeness (QED) is 0.564. The van der Waals surface area contributed by atoms with Crippen molar-refractivity contribution in [3.05, 3.63) is 101 Å². The van der Waals surface area contributed by atoms with Gasteiger partial charge in [0.25, 0.3) is 0 Å². The molecule has 0 unspecified atom stereocenters. The Labute approximate surface area is 168 Å².